The normalized spacial score (nSPS) is 22.1. The van der Waals surface area contributed by atoms with E-state index in [9.17, 15) is 19.2 Å². The van der Waals surface area contributed by atoms with E-state index < -0.39 is 23.8 Å². The van der Waals surface area contributed by atoms with Crippen molar-refractivity contribution in [1.29, 1.82) is 0 Å². The first-order valence-corrected chi connectivity index (χ1v) is 6.79. The molecule has 0 unspecified atom stereocenters. The van der Waals surface area contributed by atoms with Gasteiger partial charge in [-0.3, -0.25) is 29.4 Å². The van der Waals surface area contributed by atoms with Gasteiger partial charge in [0, 0.05) is 10.9 Å². The Morgan fingerprint density at radius 1 is 1.10 bits per heavy atom. The number of nitrogens with one attached hydrogen (secondary N) is 1. The summed E-state index contributed by atoms with van der Waals surface area (Å²) >= 11 is 3.24. The zero-order chi connectivity index (χ0) is 14.4. The second-order valence-corrected chi connectivity index (χ2v) is 5.55. The molecule has 0 saturated carbocycles. The van der Waals surface area contributed by atoms with Crippen molar-refractivity contribution >= 4 is 39.6 Å². The molecule has 0 aliphatic carbocycles. The van der Waals surface area contributed by atoms with Crippen LogP contribution in [0.15, 0.2) is 22.7 Å². The van der Waals surface area contributed by atoms with Crippen LogP contribution in [0.1, 0.15) is 33.6 Å². The highest BCUT2D eigenvalue weighted by Crippen LogP contribution is 2.29. The minimum Gasteiger partial charge on any atom is -0.295 e. The molecule has 2 aliphatic heterocycles. The summed E-state index contributed by atoms with van der Waals surface area (Å²) in [4.78, 5) is 48.5. The summed E-state index contributed by atoms with van der Waals surface area (Å²) in [6.07, 6.45) is 0.283. The zero-order valence-corrected chi connectivity index (χ0v) is 11.8. The molecule has 6 nitrogen and oxygen atoms in total. The molecule has 1 N–H and O–H groups in total. The molecule has 102 valence electrons. The first-order chi connectivity index (χ1) is 9.49. The van der Waals surface area contributed by atoms with Gasteiger partial charge in [-0.25, -0.2) is 0 Å². The lowest BCUT2D eigenvalue weighted by molar-refractivity contribution is -0.136. The van der Waals surface area contributed by atoms with Crippen molar-refractivity contribution in [2.24, 2.45) is 0 Å². The molecule has 3 rings (SSSR count). The summed E-state index contributed by atoms with van der Waals surface area (Å²) in [6.45, 7) is 0. The van der Waals surface area contributed by atoms with Crippen molar-refractivity contribution in [3.63, 3.8) is 0 Å². The first-order valence-electron chi connectivity index (χ1n) is 6.00. The molecule has 1 aromatic carbocycles. The third kappa shape index (κ3) is 1.85. The Bertz CT molecular complexity index is 670. The number of hydrogen-bond acceptors (Lipinski definition) is 4. The van der Waals surface area contributed by atoms with Crippen molar-refractivity contribution in [3.05, 3.63) is 33.8 Å². The van der Waals surface area contributed by atoms with Crippen LogP contribution in [0.4, 0.5) is 0 Å². The van der Waals surface area contributed by atoms with Crippen LogP contribution >= 0.6 is 15.9 Å². The molecule has 0 spiro atoms. The van der Waals surface area contributed by atoms with E-state index in [2.05, 4.69) is 21.2 Å². The SMILES string of the molecule is O=C1CC[C@H](N2C(=O)c3ccc(Br)cc3C2=O)C(=O)N1. The average molecular weight is 337 g/mol. The highest BCUT2D eigenvalue weighted by molar-refractivity contribution is 9.10. The summed E-state index contributed by atoms with van der Waals surface area (Å²) in [5.74, 6) is -1.98. The van der Waals surface area contributed by atoms with Gasteiger partial charge in [0.2, 0.25) is 11.8 Å². The molecule has 0 radical (unpaired) electrons. The second-order valence-electron chi connectivity index (χ2n) is 4.64. The highest BCUT2D eigenvalue weighted by Gasteiger charge is 2.44. The Kier molecular flexibility index (Phi) is 2.93. The quantitative estimate of drug-likeness (QED) is 0.770. The predicted molar refractivity (Wildman–Crippen MR) is 70.8 cm³/mol. The van der Waals surface area contributed by atoms with Crippen LogP contribution in [0.2, 0.25) is 0 Å². The zero-order valence-electron chi connectivity index (χ0n) is 10.2. The third-order valence-electron chi connectivity index (χ3n) is 3.40. The van der Waals surface area contributed by atoms with Crippen LogP contribution in [0.25, 0.3) is 0 Å². The fraction of sp³-hybridized carbons (Fsp3) is 0.231. The van der Waals surface area contributed by atoms with Gasteiger partial charge in [0.1, 0.15) is 6.04 Å². The van der Waals surface area contributed by atoms with Crippen LogP contribution in [0, 0.1) is 0 Å². The number of nitrogens with zero attached hydrogens (tertiary/aromatic N) is 1. The summed E-state index contributed by atoms with van der Waals surface area (Å²) in [7, 11) is 0. The van der Waals surface area contributed by atoms with E-state index >= 15 is 0 Å². The van der Waals surface area contributed by atoms with Crippen molar-refractivity contribution in [2.45, 2.75) is 18.9 Å². The second kappa shape index (κ2) is 4.52. The number of rotatable bonds is 1. The molecule has 4 amide bonds. The topological polar surface area (TPSA) is 83.6 Å². The van der Waals surface area contributed by atoms with Crippen molar-refractivity contribution in [3.8, 4) is 0 Å². The molecule has 1 saturated heterocycles. The van der Waals surface area contributed by atoms with Crippen LogP contribution in [0.3, 0.4) is 0 Å². The molecule has 1 atom stereocenters. The maximum atomic E-state index is 12.3. The lowest BCUT2D eigenvalue weighted by Crippen LogP contribution is -2.54. The number of amides is 4. The third-order valence-corrected chi connectivity index (χ3v) is 3.90. The van der Waals surface area contributed by atoms with E-state index in [0.717, 1.165) is 4.90 Å². The van der Waals surface area contributed by atoms with E-state index in [-0.39, 0.29) is 29.9 Å². The number of piperidine rings is 1. The standard InChI is InChI=1S/C13H9BrN2O4/c14-6-1-2-7-8(5-6)13(20)16(12(7)19)9-3-4-10(17)15-11(9)18/h1-2,5,9H,3-4H2,(H,15,17,18)/t9-/m0/s1. The van der Waals surface area contributed by atoms with Gasteiger partial charge in [0.05, 0.1) is 11.1 Å². The van der Waals surface area contributed by atoms with E-state index in [1.54, 1.807) is 18.2 Å². The largest absolute Gasteiger partial charge is 0.295 e. The maximum Gasteiger partial charge on any atom is 0.262 e. The van der Waals surface area contributed by atoms with Gasteiger partial charge in [-0.2, -0.15) is 0 Å². The monoisotopic (exact) mass is 336 g/mol. The maximum absolute atomic E-state index is 12.3. The van der Waals surface area contributed by atoms with E-state index in [1.807, 2.05) is 0 Å². The fourth-order valence-electron chi connectivity index (χ4n) is 2.44. The minimum atomic E-state index is -0.918. The highest BCUT2D eigenvalue weighted by atomic mass is 79.9. The molecule has 0 aromatic heterocycles. The Labute approximate surface area is 122 Å². The van der Waals surface area contributed by atoms with Gasteiger partial charge in [-0.1, -0.05) is 15.9 Å². The van der Waals surface area contributed by atoms with Gasteiger partial charge in [0.25, 0.3) is 11.8 Å². The number of fused-ring (bicyclic) bond motifs is 1. The predicted octanol–water partition coefficient (Wildman–Crippen LogP) is 0.850. The summed E-state index contributed by atoms with van der Waals surface area (Å²) < 4.78 is 0.683. The van der Waals surface area contributed by atoms with E-state index in [4.69, 9.17) is 0 Å². The number of benzene rings is 1. The van der Waals surface area contributed by atoms with Gasteiger partial charge in [-0.15, -0.1) is 0 Å². The number of halogens is 1. The lowest BCUT2D eigenvalue weighted by atomic mass is 10.0. The molecular weight excluding hydrogens is 328 g/mol. The first kappa shape index (κ1) is 13.0. The number of carbonyl (C=O) groups excluding carboxylic acids is 4. The Hall–Kier alpha value is -2.02. The average Bonchev–Trinajstić information content (AvgIpc) is 2.63. The fourth-order valence-corrected chi connectivity index (χ4v) is 2.80. The smallest absolute Gasteiger partial charge is 0.262 e. The lowest BCUT2D eigenvalue weighted by Gasteiger charge is -2.27. The molecule has 1 aromatic rings. The van der Waals surface area contributed by atoms with Gasteiger partial charge >= 0.3 is 0 Å². The van der Waals surface area contributed by atoms with Gasteiger partial charge in [0.15, 0.2) is 0 Å². The number of hydrogen-bond donors (Lipinski definition) is 1. The van der Waals surface area contributed by atoms with Crippen LogP contribution < -0.4 is 5.32 Å². The summed E-state index contributed by atoms with van der Waals surface area (Å²) in [5.41, 5.74) is 0.553. The van der Waals surface area contributed by atoms with Gasteiger partial charge in [-0.05, 0) is 24.6 Å². The number of imide groups is 2. The van der Waals surface area contributed by atoms with Crippen molar-refractivity contribution in [1.82, 2.24) is 10.2 Å². The number of carbonyl (C=O) groups is 4. The summed E-state index contributed by atoms with van der Waals surface area (Å²) in [6, 6.07) is 3.85. The van der Waals surface area contributed by atoms with Crippen molar-refractivity contribution < 1.29 is 19.2 Å². The van der Waals surface area contributed by atoms with Gasteiger partial charge < -0.3 is 0 Å². The molecule has 7 heteroatoms. The molecule has 2 heterocycles. The Balaban J connectivity index is 1.97. The van der Waals surface area contributed by atoms with Crippen molar-refractivity contribution in [2.75, 3.05) is 0 Å². The molecule has 1 fully saturated rings. The Morgan fingerprint density at radius 3 is 2.50 bits per heavy atom. The minimum absolute atomic E-state index is 0.119. The molecular formula is C13H9BrN2O4. The Morgan fingerprint density at radius 2 is 1.80 bits per heavy atom. The van der Waals surface area contributed by atoms with Crippen LogP contribution in [-0.2, 0) is 9.59 Å². The van der Waals surface area contributed by atoms with Crippen LogP contribution in [0.5, 0.6) is 0 Å². The molecule has 2 aliphatic rings. The molecule has 0 bridgehead atoms. The van der Waals surface area contributed by atoms with Crippen LogP contribution in [-0.4, -0.2) is 34.6 Å². The van der Waals surface area contributed by atoms with E-state index in [1.165, 1.54) is 0 Å². The van der Waals surface area contributed by atoms with E-state index in [0.29, 0.717) is 4.47 Å². The molecule has 20 heavy (non-hydrogen) atoms. The summed E-state index contributed by atoms with van der Waals surface area (Å²) in [5, 5.41) is 2.15.